The van der Waals surface area contributed by atoms with Crippen LogP contribution in [0.5, 0.6) is 0 Å². The van der Waals surface area contributed by atoms with Crippen LogP contribution in [0, 0.1) is 0 Å². The minimum atomic E-state index is -4.49. The van der Waals surface area contributed by atoms with Crippen LogP contribution in [-0.4, -0.2) is 35.3 Å². The molecule has 1 amide bonds. The number of hydrogen-bond acceptors (Lipinski definition) is 5. The van der Waals surface area contributed by atoms with Crippen LogP contribution in [0.15, 0.2) is 30.7 Å². The molecular formula is C14H15F3N4O3S. The van der Waals surface area contributed by atoms with Gasteiger partial charge in [0.05, 0.1) is 12.5 Å². The van der Waals surface area contributed by atoms with E-state index in [1.165, 1.54) is 16.9 Å². The minimum Gasteiger partial charge on any atom is -0.274 e. The number of halogens is 3. The zero-order chi connectivity index (χ0) is 18.7. The molecular weight excluding hydrogens is 361 g/mol. The number of nitrogens with zero attached hydrogens (tertiary/aromatic N) is 3. The Morgan fingerprint density at radius 2 is 1.96 bits per heavy atom. The Labute approximate surface area is 141 Å². The second kappa shape index (κ2) is 7.21. The molecule has 0 saturated heterocycles. The van der Waals surface area contributed by atoms with Crippen LogP contribution in [0.3, 0.4) is 0 Å². The third-order valence-electron chi connectivity index (χ3n) is 3.11. The lowest BCUT2D eigenvalue weighted by molar-refractivity contribution is -0.141. The molecule has 0 spiro atoms. The van der Waals surface area contributed by atoms with Gasteiger partial charge in [0.15, 0.2) is 0 Å². The van der Waals surface area contributed by atoms with Gasteiger partial charge < -0.3 is 0 Å². The molecule has 0 unspecified atom stereocenters. The van der Waals surface area contributed by atoms with E-state index in [4.69, 9.17) is 0 Å². The van der Waals surface area contributed by atoms with Crippen molar-refractivity contribution in [2.75, 3.05) is 6.26 Å². The molecule has 0 atom stereocenters. The Bertz CT molecular complexity index is 845. The van der Waals surface area contributed by atoms with Crippen molar-refractivity contribution >= 4 is 15.9 Å². The molecule has 25 heavy (non-hydrogen) atoms. The van der Waals surface area contributed by atoms with Crippen molar-refractivity contribution in [2.45, 2.75) is 25.6 Å². The summed E-state index contributed by atoms with van der Waals surface area (Å²) in [5.74, 6) is -0.609. The van der Waals surface area contributed by atoms with E-state index in [-0.39, 0.29) is 6.42 Å². The number of pyridine rings is 1. The molecule has 0 saturated carbocycles. The number of aryl methyl sites for hydroxylation is 1. The molecule has 0 aromatic carbocycles. The second-order valence-corrected chi connectivity index (χ2v) is 7.07. The number of aromatic nitrogens is 3. The van der Waals surface area contributed by atoms with E-state index in [0.717, 1.165) is 18.5 Å². The van der Waals surface area contributed by atoms with Gasteiger partial charge in [0, 0.05) is 36.5 Å². The predicted octanol–water partition coefficient (Wildman–Crippen LogP) is 1.82. The zero-order valence-electron chi connectivity index (χ0n) is 13.1. The van der Waals surface area contributed by atoms with E-state index in [1.807, 2.05) is 4.72 Å². The lowest BCUT2D eigenvalue weighted by Gasteiger charge is -2.05. The van der Waals surface area contributed by atoms with Gasteiger partial charge >= 0.3 is 6.18 Å². The third-order valence-corrected chi connectivity index (χ3v) is 3.71. The third kappa shape index (κ3) is 5.85. The van der Waals surface area contributed by atoms with Crippen molar-refractivity contribution in [3.05, 3.63) is 36.4 Å². The van der Waals surface area contributed by atoms with E-state index in [1.54, 1.807) is 6.20 Å². The molecule has 0 fully saturated rings. The number of carbonyl (C=O) groups excluding carboxylic acids is 1. The molecule has 2 aromatic rings. The largest absolute Gasteiger partial charge is 0.433 e. The van der Waals surface area contributed by atoms with Crippen LogP contribution in [0.1, 0.15) is 18.5 Å². The summed E-state index contributed by atoms with van der Waals surface area (Å²) in [6.45, 7) is 0.352. The first-order chi connectivity index (χ1) is 11.5. The summed E-state index contributed by atoms with van der Waals surface area (Å²) in [6, 6.07) is 2.19. The van der Waals surface area contributed by atoms with Crippen molar-refractivity contribution in [1.82, 2.24) is 19.5 Å². The summed E-state index contributed by atoms with van der Waals surface area (Å²) in [7, 11) is -3.57. The van der Waals surface area contributed by atoms with Gasteiger partial charge in [-0.3, -0.25) is 19.2 Å². The molecule has 7 nitrogen and oxygen atoms in total. The van der Waals surface area contributed by atoms with Gasteiger partial charge in [0.2, 0.25) is 15.9 Å². The Hall–Kier alpha value is -2.43. The summed E-state index contributed by atoms with van der Waals surface area (Å²) in [4.78, 5) is 14.8. The molecule has 0 aliphatic carbocycles. The molecule has 0 radical (unpaired) electrons. The zero-order valence-corrected chi connectivity index (χ0v) is 13.9. The van der Waals surface area contributed by atoms with Crippen LogP contribution < -0.4 is 4.72 Å². The predicted molar refractivity (Wildman–Crippen MR) is 82.7 cm³/mol. The highest BCUT2D eigenvalue weighted by Crippen LogP contribution is 2.28. The molecule has 2 heterocycles. The normalized spacial score (nSPS) is 12.2. The van der Waals surface area contributed by atoms with Gasteiger partial charge in [-0.1, -0.05) is 6.07 Å². The lowest BCUT2D eigenvalue weighted by Crippen LogP contribution is -2.29. The highest BCUT2D eigenvalue weighted by molar-refractivity contribution is 7.89. The maximum Gasteiger partial charge on any atom is 0.433 e. The number of rotatable bonds is 6. The number of nitrogens with one attached hydrogen (secondary N) is 1. The number of alkyl halides is 3. The van der Waals surface area contributed by atoms with E-state index in [9.17, 15) is 26.4 Å². The second-order valence-electron chi connectivity index (χ2n) is 5.32. The van der Waals surface area contributed by atoms with Crippen molar-refractivity contribution in [3.63, 3.8) is 0 Å². The van der Waals surface area contributed by atoms with Crippen LogP contribution in [0.2, 0.25) is 0 Å². The van der Waals surface area contributed by atoms with Gasteiger partial charge in [0.1, 0.15) is 5.69 Å². The van der Waals surface area contributed by atoms with Crippen LogP contribution in [0.25, 0.3) is 11.1 Å². The highest BCUT2D eigenvalue weighted by Gasteiger charge is 2.32. The molecule has 0 aliphatic heterocycles. The SMILES string of the molecule is CS(=O)(=O)NC(=O)CCCn1cc(-c2ccc(C(F)(F)F)nc2)cn1. The van der Waals surface area contributed by atoms with E-state index in [0.29, 0.717) is 24.1 Å². The first kappa shape index (κ1) is 18.9. The molecule has 0 bridgehead atoms. The molecule has 11 heteroatoms. The lowest BCUT2D eigenvalue weighted by atomic mass is 10.1. The number of carbonyl (C=O) groups is 1. The van der Waals surface area contributed by atoms with E-state index < -0.39 is 27.8 Å². The van der Waals surface area contributed by atoms with Crippen molar-refractivity contribution in [1.29, 1.82) is 0 Å². The van der Waals surface area contributed by atoms with Gasteiger partial charge in [-0.05, 0) is 12.5 Å². The number of sulfonamides is 1. The Morgan fingerprint density at radius 1 is 1.24 bits per heavy atom. The number of amides is 1. The quantitative estimate of drug-likeness (QED) is 0.830. The highest BCUT2D eigenvalue weighted by atomic mass is 32.2. The van der Waals surface area contributed by atoms with Crippen LogP contribution >= 0.6 is 0 Å². The standard InChI is InChI=1S/C14H15F3N4O3S/c1-25(23,24)20-13(22)3-2-6-21-9-11(8-19-21)10-4-5-12(18-7-10)14(15,16)17/h4-5,7-9H,2-3,6H2,1H3,(H,20,22). The minimum absolute atomic E-state index is 0.00407. The van der Waals surface area contributed by atoms with E-state index in [2.05, 4.69) is 10.1 Å². The first-order valence-corrected chi connectivity index (χ1v) is 9.00. The van der Waals surface area contributed by atoms with Crippen molar-refractivity contribution in [2.24, 2.45) is 0 Å². The summed E-state index contributed by atoms with van der Waals surface area (Å²) in [5, 5.41) is 4.05. The molecule has 1 N–H and O–H groups in total. The Balaban J connectivity index is 1.93. The smallest absolute Gasteiger partial charge is 0.274 e. The van der Waals surface area contributed by atoms with Gasteiger partial charge in [0.25, 0.3) is 0 Å². The average Bonchev–Trinajstić information content (AvgIpc) is 2.93. The maximum absolute atomic E-state index is 12.5. The van der Waals surface area contributed by atoms with Crippen molar-refractivity contribution in [3.8, 4) is 11.1 Å². The fourth-order valence-electron chi connectivity index (χ4n) is 2.03. The topological polar surface area (TPSA) is 94.0 Å². The van der Waals surface area contributed by atoms with Crippen LogP contribution in [0.4, 0.5) is 13.2 Å². The first-order valence-electron chi connectivity index (χ1n) is 7.11. The summed E-state index contributed by atoms with van der Waals surface area (Å²) in [5.41, 5.74) is 0.0939. The summed E-state index contributed by atoms with van der Waals surface area (Å²) in [6.07, 6.45) is 0.958. The van der Waals surface area contributed by atoms with Gasteiger partial charge in [-0.2, -0.15) is 18.3 Å². The fraction of sp³-hybridized carbons (Fsp3) is 0.357. The Kier molecular flexibility index (Phi) is 5.45. The van der Waals surface area contributed by atoms with Crippen molar-refractivity contribution < 1.29 is 26.4 Å². The summed E-state index contributed by atoms with van der Waals surface area (Å²) < 4.78 is 62.6. The van der Waals surface area contributed by atoms with Gasteiger partial charge in [-0.15, -0.1) is 0 Å². The molecule has 2 aromatic heterocycles. The van der Waals surface area contributed by atoms with Crippen LogP contribution in [-0.2, 0) is 27.5 Å². The van der Waals surface area contributed by atoms with E-state index >= 15 is 0 Å². The monoisotopic (exact) mass is 376 g/mol. The summed E-state index contributed by atoms with van der Waals surface area (Å²) >= 11 is 0. The number of hydrogen-bond donors (Lipinski definition) is 1. The molecule has 136 valence electrons. The fourth-order valence-corrected chi connectivity index (χ4v) is 2.54. The average molecular weight is 376 g/mol. The Morgan fingerprint density at radius 3 is 2.52 bits per heavy atom. The molecule has 2 rings (SSSR count). The van der Waals surface area contributed by atoms with Gasteiger partial charge in [-0.25, -0.2) is 8.42 Å². The maximum atomic E-state index is 12.5. The molecule has 0 aliphatic rings.